The summed E-state index contributed by atoms with van der Waals surface area (Å²) in [5, 5.41) is 7.74. The van der Waals surface area contributed by atoms with Gasteiger partial charge in [0, 0.05) is 21.5 Å². The molecule has 3 heterocycles. The number of nitrogens with two attached hydrogens (primary N) is 1. The van der Waals surface area contributed by atoms with Gasteiger partial charge >= 0.3 is 4.87 Å². The minimum Gasteiger partial charge on any atom is -0.493 e. The number of nitrogens with zero attached hydrogens (tertiary/aromatic N) is 2. The topological polar surface area (TPSA) is 167 Å². The van der Waals surface area contributed by atoms with E-state index in [-0.39, 0.29) is 4.90 Å². The fraction of sp³-hybridized carbons (Fsp3) is 0.200. The molecule has 1 saturated heterocycles. The number of amides is 3. The van der Waals surface area contributed by atoms with Crippen molar-refractivity contribution in [1.29, 1.82) is 0 Å². The van der Waals surface area contributed by atoms with Crippen LogP contribution in [0.3, 0.4) is 0 Å². The first kappa shape index (κ1) is 31.8. The molecule has 2 aliphatic heterocycles. The lowest BCUT2D eigenvalue weighted by Gasteiger charge is -2.31. The first-order chi connectivity index (χ1) is 21.9. The van der Waals surface area contributed by atoms with Crippen LogP contribution in [0.25, 0.3) is 0 Å². The Labute approximate surface area is 276 Å². The average molecular weight is 701 g/mol. The molecular weight excluding hydrogens is 676 g/mol. The molecule has 12 nitrogen and oxygen atoms in total. The molecule has 0 saturated carbocycles. The number of fused-ring (bicyclic) bond motifs is 2. The Kier molecular flexibility index (Phi) is 8.45. The molecule has 0 bridgehead atoms. The largest absolute Gasteiger partial charge is 0.493 e. The lowest BCUT2D eigenvalue weighted by molar-refractivity contribution is -0.122. The zero-order chi connectivity index (χ0) is 32.9. The van der Waals surface area contributed by atoms with E-state index in [2.05, 4.69) is 5.32 Å². The van der Waals surface area contributed by atoms with Crippen molar-refractivity contribution in [3.8, 4) is 11.5 Å². The molecule has 0 aliphatic carbocycles. The van der Waals surface area contributed by atoms with Gasteiger partial charge in [-0.2, -0.15) is 0 Å². The monoisotopic (exact) mass is 700 g/mol. The average Bonchev–Trinajstić information content (AvgIpc) is 3.47. The number of hydrogen-bond donors (Lipinski definition) is 2. The molecule has 3 unspecified atom stereocenters. The first-order valence-corrected chi connectivity index (χ1v) is 17.2. The number of anilines is 2. The third-order valence-corrected chi connectivity index (χ3v) is 11.5. The molecule has 238 valence electrons. The maximum absolute atomic E-state index is 14.1. The summed E-state index contributed by atoms with van der Waals surface area (Å²) in [6.45, 7) is -0.395. The van der Waals surface area contributed by atoms with E-state index in [4.69, 9.17) is 26.2 Å². The molecular formula is C30H25ClN4O8S3. The molecule has 3 atom stereocenters. The first-order valence-electron chi connectivity index (χ1n) is 13.6. The number of aromatic nitrogens is 1. The Morgan fingerprint density at radius 3 is 2.26 bits per heavy atom. The van der Waals surface area contributed by atoms with Crippen molar-refractivity contribution in [2.24, 2.45) is 11.1 Å². The lowest BCUT2D eigenvalue weighted by atomic mass is 9.83. The van der Waals surface area contributed by atoms with Crippen LogP contribution >= 0.6 is 34.7 Å². The number of methoxy groups -OCH3 is 2. The molecule has 6 rings (SSSR count). The Bertz CT molecular complexity index is 2050. The predicted molar refractivity (Wildman–Crippen MR) is 173 cm³/mol. The van der Waals surface area contributed by atoms with E-state index in [0.717, 1.165) is 28.0 Å². The second-order valence-electron chi connectivity index (χ2n) is 10.4. The number of thioether (sulfide) groups is 1. The van der Waals surface area contributed by atoms with Gasteiger partial charge < -0.3 is 14.8 Å². The van der Waals surface area contributed by atoms with E-state index in [1.807, 2.05) is 0 Å². The SMILES string of the molecule is COc1ccc(C2c3sc(=O)n(CC(=O)Nc4ccc(S(N)(=O)=O)cc4)c3SC3C(=O)N(c4ccc(Cl)cc4)C(=O)C32)cc1OC. The molecule has 0 radical (unpaired) electrons. The predicted octanol–water partition coefficient (Wildman–Crippen LogP) is 3.66. The van der Waals surface area contributed by atoms with Gasteiger partial charge in [0.2, 0.25) is 27.7 Å². The van der Waals surface area contributed by atoms with Crippen molar-refractivity contribution < 1.29 is 32.3 Å². The smallest absolute Gasteiger partial charge is 0.308 e. The molecule has 16 heteroatoms. The van der Waals surface area contributed by atoms with Crippen molar-refractivity contribution in [3.63, 3.8) is 0 Å². The third kappa shape index (κ3) is 5.69. The number of carbonyl (C=O) groups is 3. The number of carbonyl (C=O) groups excluding carboxylic acids is 3. The number of hydrogen-bond acceptors (Lipinski definition) is 10. The maximum atomic E-state index is 14.1. The van der Waals surface area contributed by atoms with Crippen LogP contribution in [0.4, 0.5) is 11.4 Å². The molecule has 1 fully saturated rings. The summed E-state index contributed by atoms with van der Waals surface area (Å²) in [4.78, 5) is 55.6. The summed E-state index contributed by atoms with van der Waals surface area (Å²) in [5.74, 6) is -2.16. The number of rotatable bonds is 8. The second kappa shape index (κ2) is 12.2. The van der Waals surface area contributed by atoms with Crippen LogP contribution in [0, 0.1) is 5.92 Å². The molecule has 1 aromatic heterocycles. The summed E-state index contributed by atoms with van der Waals surface area (Å²) < 4.78 is 35.3. The fourth-order valence-corrected chi connectivity index (χ4v) is 8.99. The minimum atomic E-state index is -3.92. The van der Waals surface area contributed by atoms with Gasteiger partial charge in [-0.1, -0.05) is 40.8 Å². The summed E-state index contributed by atoms with van der Waals surface area (Å²) in [7, 11) is -0.938. The van der Waals surface area contributed by atoms with Gasteiger partial charge in [-0.25, -0.2) is 18.5 Å². The number of primary sulfonamides is 1. The number of nitrogens with one attached hydrogen (secondary N) is 1. The van der Waals surface area contributed by atoms with Gasteiger partial charge in [0.15, 0.2) is 11.5 Å². The maximum Gasteiger partial charge on any atom is 0.308 e. The van der Waals surface area contributed by atoms with Crippen LogP contribution in [0.5, 0.6) is 11.5 Å². The van der Waals surface area contributed by atoms with Gasteiger partial charge in [0.1, 0.15) is 11.8 Å². The summed E-state index contributed by atoms with van der Waals surface area (Å²) in [6.07, 6.45) is 0. The third-order valence-electron chi connectivity index (χ3n) is 7.67. The van der Waals surface area contributed by atoms with Crippen molar-refractivity contribution >= 4 is 73.8 Å². The molecule has 2 aliphatic rings. The van der Waals surface area contributed by atoms with Gasteiger partial charge in [-0.05, 0) is 66.2 Å². The molecule has 3 amide bonds. The second-order valence-corrected chi connectivity index (χ2v) is 14.5. The van der Waals surface area contributed by atoms with Crippen LogP contribution < -0.4 is 29.7 Å². The Balaban J connectivity index is 1.40. The van der Waals surface area contributed by atoms with E-state index in [1.165, 1.54) is 43.1 Å². The normalized spacial score (nSPS) is 19.0. The zero-order valence-electron chi connectivity index (χ0n) is 24.1. The van der Waals surface area contributed by atoms with Crippen molar-refractivity contribution in [1.82, 2.24) is 4.57 Å². The minimum absolute atomic E-state index is 0.121. The highest BCUT2D eigenvalue weighted by Gasteiger charge is 2.57. The van der Waals surface area contributed by atoms with Crippen molar-refractivity contribution in [2.45, 2.75) is 27.6 Å². The fourth-order valence-electron chi connectivity index (χ4n) is 5.58. The quantitative estimate of drug-likeness (QED) is 0.261. The lowest BCUT2D eigenvalue weighted by Crippen LogP contribution is -2.33. The standard InChI is InChI=1S/C30H25ClN4O8S3/c1-42-20-12-3-15(13-21(20)43-2)23-24-25(28(38)35(27(24)37)18-8-4-16(31)5-9-18)44-29-26(23)45-30(39)34(29)14-22(36)33-17-6-10-19(11-7-17)46(32,40)41/h3-13,23-25H,14H2,1-2H3,(H,33,36)(H2,32,40,41). The summed E-state index contributed by atoms with van der Waals surface area (Å²) >= 11 is 8.04. The summed E-state index contributed by atoms with van der Waals surface area (Å²) in [6, 6.07) is 16.8. The highest BCUT2D eigenvalue weighted by atomic mass is 35.5. The molecule has 4 aromatic rings. The van der Waals surface area contributed by atoms with Gasteiger partial charge in [-0.15, -0.1) is 0 Å². The van der Waals surface area contributed by atoms with E-state index in [9.17, 15) is 27.6 Å². The van der Waals surface area contributed by atoms with Gasteiger partial charge in [0.05, 0.1) is 35.7 Å². The van der Waals surface area contributed by atoms with Crippen molar-refractivity contribution in [2.75, 3.05) is 24.4 Å². The molecule has 46 heavy (non-hydrogen) atoms. The molecule has 3 aromatic carbocycles. The number of ether oxygens (including phenoxy) is 2. The Hall–Kier alpha value is -4.15. The van der Waals surface area contributed by atoms with Crippen LogP contribution in [-0.2, 0) is 31.0 Å². The van der Waals surface area contributed by atoms with E-state index < -0.39 is 56.2 Å². The Morgan fingerprint density at radius 1 is 0.957 bits per heavy atom. The van der Waals surface area contributed by atoms with Gasteiger partial charge in [0.25, 0.3) is 0 Å². The van der Waals surface area contributed by atoms with Crippen LogP contribution in [0.1, 0.15) is 16.4 Å². The van der Waals surface area contributed by atoms with Gasteiger partial charge in [-0.3, -0.25) is 23.7 Å². The number of benzene rings is 3. The number of sulfonamides is 1. The van der Waals surface area contributed by atoms with Crippen LogP contribution in [-0.4, -0.2) is 50.2 Å². The number of thiazole rings is 1. The number of imide groups is 1. The van der Waals surface area contributed by atoms with Crippen molar-refractivity contribution in [3.05, 3.63) is 91.9 Å². The highest BCUT2D eigenvalue weighted by molar-refractivity contribution is 8.00. The van der Waals surface area contributed by atoms with E-state index in [0.29, 0.717) is 43.4 Å². The van der Waals surface area contributed by atoms with E-state index >= 15 is 0 Å². The van der Waals surface area contributed by atoms with Crippen LogP contribution in [0.15, 0.2) is 81.4 Å². The highest BCUT2D eigenvalue weighted by Crippen LogP contribution is 2.54. The van der Waals surface area contributed by atoms with Crippen LogP contribution in [0.2, 0.25) is 5.02 Å². The Morgan fingerprint density at radius 2 is 1.63 bits per heavy atom. The summed E-state index contributed by atoms with van der Waals surface area (Å²) in [5.41, 5.74) is 1.29. The molecule has 0 spiro atoms. The van der Waals surface area contributed by atoms with E-state index in [1.54, 1.807) is 42.5 Å². The number of halogens is 1. The zero-order valence-corrected chi connectivity index (χ0v) is 27.3. The molecule has 3 N–H and O–H groups in total.